The van der Waals surface area contributed by atoms with Gasteiger partial charge in [0.1, 0.15) is 11.0 Å². The molecule has 0 aliphatic heterocycles. The molecule has 6 rings (SSSR count). The molecular weight excluding hydrogens is 446 g/mol. The topological polar surface area (TPSA) is 55.3 Å². The zero-order valence-corrected chi connectivity index (χ0v) is 20.7. The standard InChI is InChI=1S/C31H27N3O2/c1-4-34(5-2)25-15-17-29-27(19-25)33-31(36-29)24-13-9-22(10-14-24)21-7-11-23(12-8-21)30-32-26-18-20(3)6-16-28(26)35-30/h6-19H,4-5H2,1-3H3. The Morgan fingerprint density at radius 2 is 1.06 bits per heavy atom. The summed E-state index contributed by atoms with van der Waals surface area (Å²) in [6, 6.07) is 28.9. The molecule has 0 saturated carbocycles. The van der Waals surface area contributed by atoms with Crippen molar-refractivity contribution in [3.63, 3.8) is 0 Å². The first-order valence-electron chi connectivity index (χ1n) is 12.4. The lowest BCUT2D eigenvalue weighted by Gasteiger charge is -2.20. The maximum atomic E-state index is 6.05. The van der Waals surface area contributed by atoms with Gasteiger partial charge in [-0.1, -0.05) is 30.3 Å². The number of fused-ring (bicyclic) bond motifs is 2. The number of benzene rings is 4. The van der Waals surface area contributed by atoms with Crippen LogP contribution in [0.5, 0.6) is 0 Å². The summed E-state index contributed by atoms with van der Waals surface area (Å²) in [5, 5.41) is 0. The number of rotatable bonds is 6. The van der Waals surface area contributed by atoms with Gasteiger partial charge in [0.25, 0.3) is 0 Å². The lowest BCUT2D eigenvalue weighted by Crippen LogP contribution is -2.21. The molecule has 6 aromatic rings. The third-order valence-electron chi connectivity index (χ3n) is 6.64. The van der Waals surface area contributed by atoms with Gasteiger partial charge in [0, 0.05) is 29.9 Å². The zero-order valence-electron chi connectivity index (χ0n) is 20.7. The number of anilines is 1. The Bertz CT molecular complexity index is 1660. The van der Waals surface area contributed by atoms with Crippen LogP contribution in [0, 0.1) is 6.92 Å². The van der Waals surface area contributed by atoms with Gasteiger partial charge in [-0.2, -0.15) is 0 Å². The average molecular weight is 474 g/mol. The van der Waals surface area contributed by atoms with E-state index in [-0.39, 0.29) is 0 Å². The van der Waals surface area contributed by atoms with Crippen molar-refractivity contribution in [3.05, 3.63) is 90.5 Å². The summed E-state index contributed by atoms with van der Waals surface area (Å²) in [5.41, 5.74) is 9.86. The molecular formula is C31H27N3O2. The molecule has 0 aliphatic carbocycles. The minimum atomic E-state index is 0.634. The van der Waals surface area contributed by atoms with Crippen molar-refractivity contribution in [2.45, 2.75) is 20.8 Å². The number of aryl methyl sites for hydroxylation is 1. The van der Waals surface area contributed by atoms with E-state index < -0.39 is 0 Å². The molecule has 0 saturated heterocycles. The molecule has 4 aromatic carbocycles. The molecule has 0 amide bonds. The van der Waals surface area contributed by atoms with E-state index in [1.807, 2.05) is 24.3 Å². The molecule has 5 nitrogen and oxygen atoms in total. The molecule has 0 fully saturated rings. The molecule has 178 valence electrons. The fourth-order valence-corrected chi connectivity index (χ4v) is 4.60. The minimum absolute atomic E-state index is 0.634. The first-order valence-corrected chi connectivity index (χ1v) is 12.4. The summed E-state index contributed by atoms with van der Waals surface area (Å²) in [6.07, 6.45) is 0. The van der Waals surface area contributed by atoms with E-state index in [0.29, 0.717) is 11.8 Å². The van der Waals surface area contributed by atoms with Crippen molar-refractivity contribution in [2.75, 3.05) is 18.0 Å². The second kappa shape index (κ2) is 9.00. The summed E-state index contributed by atoms with van der Waals surface area (Å²) in [6.45, 7) is 8.30. The lowest BCUT2D eigenvalue weighted by atomic mass is 10.0. The van der Waals surface area contributed by atoms with Gasteiger partial charge < -0.3 is 13.7 Å². The maximum Gasteiger partial charge on any atom is 0.227 e. The molecule has 0 N–H and O–H groups in total. The Morgan fingerprint density at radius 3 is 1.58 bits per heavy atom. The van der Waals surface area contributed by atoms with E-state index in [2.05, 4.69) is 91.3 Å². The van der Waals surface area contributed by atoms with Crippen LogP contribution in [-0.2, 0) is 0 Å². The van der Waals surface area contributed by atoms with E-state index in [4.69, 9.17) is 13.8 Å². The van der Waals surface area contributed by atoms with Crippen LogP contribution in [0.4, 0.5) is 5.69 Å². The van der Waals surface area contributed by atoms with Crippen molar-refractivity contribution in [3.8, 4) is 34.0 Å². The van der Waals surface area contributed by atoms with Gasteiger partial charge in [0.15, 0.2) is 11.2 Å². The average Bonchev–Trinajstić information content (AvgIpc) is 3.53. The van der Waals surface area contributed by atoms with E-state index in [9.17, 15) is 0 Å². The Kier molecular flexibility index (Phi) is 5.53. The number of nitrogens with zero attached hydrogens (tertiary/aromatic N) is 3. The van der Waals surface area contributed by atoms with Crippen LogP contribution < -0.4 is 4.90 Å². The van der Waals surface area contributed by atoms with Crippen LogP contribution in [0.3, 0.4) is 0 Å². The predicted molar refractivity (Wildman–Crippen MR) is 146 cm³/mol. The highest BCUT2D eigenvalue weighted by Crippen LogP contribution is 2.31. The van der Waals surface area contributed by atoms with Gasteiger partial charge in [-0.05, 0) is 92.1 Å². The molecule has 2 aromatic heterocycles. The quantitative estimate of drug-likeness (QED) is 0.244. The van der Waals surface area contributed by atoms with Crippen molar-refractivity contribution in [2.24, 2.45) is 0 Å². The van der Waals surface area contributed by atoms with Crippen LogP contribution in [0.15, 0.2) is 93.8 Å². The number of oxazole rings is 2. The highest BCUT2D eigenvalue weighted by atomic mass is 16.4. The molecule has 36 heavy (non-hydrogen) atoms. The summed E-state index contributed by atoms with van der Waals surface area (Å²) in [5.74, 6) is 1.27. The second-order valence-corrected chi connectivity index (χ2v) is 8.99. The van der Waals surface area contributed by atoms with E-state index in [1.54, 1.807) is 0 Å². The maximum absolute atomic E-state index is 6.05. The Balaban J connectivity index is 1.24. The van der Waals surface area contributed by atoms with Gasteiger partial charge in [-0.3, -0.25) is 0 Å². The number of aromatic nitrogens is 2. The first kappa shape index (κ1) is 22.1. The van der Waals surface area contributed by atoms with E-state index >= 15 is 0 Å². The largest absolute Gasteiger partial charge is 0.436 e. The number of hydrogen-bond donors (Lipinski definition) is 0. The van der Waals surface area contributed by atoms with Crippen LogP contribution in [0.25, 0.3) is 56.2 Å². The van der Waals surface area contributed by atoms with E-state index in [0.717, 1.165) is 57.5 Å². The smallest absolute Gasteiger partial charge is 0.227 e. The lowest BCUT2D eigenvalue weighted by molar-refractivity contribution is 0.619. The van der Waals surface area contributed by atoms with Crippen LogP contribution in [0.2, 0.25) is 0 Å². The van der Waals surface area contributed by atoms with Crippen molar-refractivity contribution >= 4 is 27.9 Å². The molecule has 5 heteroatoms. The van der Waals surface area contributed by atoms with Crippen molar-refractivity contribution in [1.29, 1.82) is 0 Å². The van der Waals surface area contributed by atoms with Crippen molar-refractivity contribution < 1.29 is 8.83 Å². The van der Waals surface area contributed by atoms with Gasteiger partial charge >= 0.3 is 0 Å². The molecule has 0 unspecified atom stereocenters. The number of hydrogen-bond acceptors (Lipinski definition) is 5. The Labute approximate surface area is 210 Å². The SMILES string of the molecule is CCN(CC)c1ccc2oc(-c3ccc(-c4ccc(-c5nc6cc(C)ccc6o5)cc4)cc3)nc2c1. The summed E-state index contributed by atoms with van der Waals surface area (Å²) >= 11 is 0. The first-order chi connectivity index (χ1) is 17.6. The van der Waals surface area contributed by atoms with Crippen molar-refractivity contribution in [1.82, 2.24) is 9.97 Å². The minimum Gasteiger partial charge on any atom is -0.436 e. The molecule has 0 radical (unpaired) electrons. The summed E-state index contributed by atoms with van der Waals surface area (Å²) < 4.78 is 12.0. The fraction of sp³-hybridized carbons (Fsp3) is 0.161. The predicted octanol–water partition coefficient (Wildman–Crippen LogP) is 8.12. The molecule has 0 bridgehead atoms. The third-order valence-corrected chi connectivity index (χ3v) is 6.64. The van der Waals surface area contributed by atoms with Crippen LogP contribution in [-0.4, -0.2) is 23.1 Å². The summed E-state index contributed by atoms with van der Waals surface area (Å²) in [4.78, 5) is 11.7. The molecule has 2 heterocycles. The van der Waals surface area contributed by atoms with Gasteiger partial charge in [-0.25, -0.2) is 9.97 Å². The summed E-state index contributed by atoms with van der Waals surface area (Å²) in [7, 11) is 0. The zero-order chi connectivity index (χ0) is 24.6. The monoisotopic (exact) mass is 473 g/mol. The van der Waals surface area contributed by atoms with E-state index in [1.165, 1.54) is 11.3 Å². The van der Waals surface area contributed by atoms with Gasteiger partial charge in [-0.15, -0.1) is 0 Å². The molecule has 0 aliphatic rings. The Hall–Kier alpha value is -4.38. The van der Waals surface area contributed by atoms with Gasteiger partial charge in [0.05, 0.1) is 0 Å². The van der Waals surface area contributed by atoms with Gasteiger partial charge in [0.2, 0.25) is 11.8 Å². The second-order valence-electron chi connectivity index (χ2n) is 8.99. The van der Waals surface area contributed by atoms with Crippen LogP contribution >= 0.6 is 0 Å². The fourth-order valence-electron chi connectivity index (χ4n) is 4.60. The highest BCUT2D eigenvalue weighted by Gasteiger charge is 2.12. The molecule has 0 spiro atoms. The highest BCUT2D eigenvalue weighted by molar-refractivity contribution is 5.81. The normalized spacial score (nSPS) is 11.4. The molecule has 0 atom stereocenters. The Morgan fingerprint density at radius 1 is 0.583 bits per heavy atom. The third kappa shape index (κ3) is 4.03. The van der Waals surface area contributed by atoms with Crippen LogP contribution in [0.1, 0.15) is 19.4 Å².